The molecule has 2 aromatic heterocycles. The Morgan fingerprint density at radius 1 is 1.15 bits per heavy atom. The Balaban J connectivity index is 1.90. The normalized spacial score (nSPS) is 10.5. The van der Waals surface area contributed by atoms with Gasteiger partial charge in [0.2, 0.25) is 0 Å². The summed E-state index contributed by atoms with van der Waals surface area (Å²) in [6, 6.07) is 1.94. The Kier molecular flexibility index (Phi) is 5.34. The number of nitrogens with one attached hydrogen (secondary N) is 2. The predicted octanol–water partition coefficient (Wildman–Crippen LogP) is 2.17. The van der Waals surface area contributed by atoms with Gasteiger partial charge in [-0.05, 0) is 25.8 Å². The number of nitrogens with zero attached hydrogens (tertiary/aromatic N) is 4. The van der Waals surface area contributed by atoms with Crippen LogP contribution in [0.2, 0.25) is 0 Å². The van der Waals surface area contributed by atoms with Gasteiger partial charge in [-0.1, -0.05) is 6.92 Å². The molecule has 0 radical (unpaired) electrons. The van der Waals surface area contributed by atoms with Crippen LogP contribution in [0.4, 0.5) is 11.6 Å². The molecule has 0 bridgehead atoms. The highest BCUT2D eigenvalue weighted by atomic mass is 15.3. The van der Waals surface area contributed by atoms with Gasteiger partial charge in [0.15, 0.2) is 0 Å². The smallest absolute Gasteiger partial charge is 0.134 e. The summed E-state index contributed by atoms with van der Waals surface area (Å²) in [5.74, 6) is 1.86. The summed E-state index contributed by atoms with van der Waals surface area (Å²) >= 11 is 0. The maximum Gasteiger partial charge on any atom is 0.134 e. The zero-order valence-electron chi connectivity index (χ0n) is 12.1. The van der Waals surface area contributed by atoms with Crippen LogP contribution < -0.4 is 10.6 Å². The Hall–Kier alpha value is -2.11. The number of hydrogen-bond acceptors (Lipinski definition) is 5. The van der Waals surface area contributed by atoms with E-state index in [4.69, 9.17) is 0 Å². The lowest BCUT2D eigenvalue weighted by Crippen LogP contribution is -2.12. The summed E-state index contributed by atoms with van der Waals surface area (Å²) in [6.45, 7) is 6.83. The Morgan fingerprint density at radius 3 is 2.60 bits per heavy atom. The molecule has 6 nitrogen and oxygen atoms in total. The van der Waals surface area contributed by atoms with Crippen LogP contribution in [-0.2, 0) is 13.0 Å². The first-order valence-electron chi connectivity index (χ1n) is 7.14. The summed E-state index contributed by atoms with van der Waals surface area (Å²) in [5.41, 5.74) is 1.15. The standard InChI is InChI=1S/C14H22N6/c1-3-12-13(15-4-2)17-11-18-14(12)16-7-5-9-20-10-6-8-19-20/h6,8,10-11H,3-5,7,9H2,1-2H3,(H2,15,16,17,18). The van der Waals surface area contributed by atoms with E-state index >= 15 is 0 Å². The Labute approximate surface area is 119 Å². The third kappa shape index (κ3) is 3.69. The molecule has 0 spiro atoms. The van der Waals surface area contributed by atoms with Gasteiger partial charge < -0.3 is 10.6 Å². The molecule has 20 heavy (non-hydrogen) atoms. The lowest BCUT2D eigenvalue weighted by molar-refractivity contribution is 0.591. The number of aryl methyl sites for hydroxylation is 1. The Bertz CT molecular complexity index is 508. The van der Waals surface area contributed by atoms with Crippen molar-refractivity contribution in [3.8, 4) is 0 Å². The van der Waals surface area contributed by atoms with Gasteiger partial charge in [0, 0.05) is 37.6 Å². The van der Waals surface area contributed by atoms with E-state index in [1.807, 2.05) is 16.9 Å². The molecule has 0 aliphatic rings. The molecule has 0 aliphatic carbocycles. The minimum absolute atomic E-state index is 0.864. The molecular weight excluding hydrogens is 252 g/mol. The van der Waals surface area contributed by atoms with Crippen molar-refractivity contribution in [1.82, 2.24) is 19.7 Å². The van der Waals surface area contributed by atoms with Gasteiger partial charge in [-0.3, -0.25) is 4.68 Å². The molecule has 0 fully saturated rings. The second kappa shape index (κ2) is 7.47. The third-order valence-electron chi connectivity index (χ3n) is 3.06. The van der Waals surface area contributed by atoms with Crippen molar-refractivity contribution in [3.05, 3.63) is 30.4 Å². The average molecular weight is 274 g/mol. The number of rotatable bonds is 8. The molecule has 0 aliphatic heterocycles. The lowest BCUT2D eigenvalue weighted by Gasteiger charge is -2.13. The fourth-order valence-corrected chi connectivity index (χ4v) is 2.10. The van der Waals surface area contributed by atoms with E-state index in [1.54, 1.807) is 12.5 Å². The van der Waals surface area contributed by atoms with Crippen LogP contribution in [0.1, 0.15) is 25.8 Å². The van der Waals surface area contributed by atoms with Crippen LogP contribution >= 0.6 is 0 Å². The summed E-state index contributed by atoms with van der Waals surface area (Å²) in [6.07, 6.45) is 7.30. The zero-order valence-corrected chi connectivity index (χ0v) is 12.1. The molecule has 2 heterocycles. The fraction of sp³-hybridized carbons (Fsp3) is 0.500. The molecule has 0 unspecified atom stereocenters. The van der Waals surface area contributed by atoms with E-state index in [0.29, 0.717) is 0 Å². The first-order valence-corrected chi connectivity index (χ1v) is 7.14. The molecular formula is C14H22N6. The lowest BCUT2D eigenvalue weighted by atomic mass is 10.2. The van der Waals surface area contributed by atoms with Crippen LogP contribution in [0.25, 0.3) is 0 Å². The molecule has 6 heteroatoms. The van der Waals surface area contributed by atoms with E-state index in [1.165, 1.54) is 0 Å². The second-order valence-electron chi connectivity index (χ2n) is 4.48. The summed E-state index contributed by atoms with van der Waals surface area (Å²) in [4.78, 5) is 8.63. The molecule has 0 amide bonds. The quantitative estimate of drug-likeness (QED) is 0.722. The van der Waals surface area contributed by atoms with Crippen molar-refractivity contribution >= 4 is 11.6 Å². The topological polar surface area (TPSA) is 67.7 Å². The van der Waals surface area contributed by atoms with Gasteiger partial charge in [0.25, 0.3) is 0 Å². The van der Waals surface area contributed by atoms with Crippen LogP contribution in [0.3, 0.4) is 0 Å². The fourth-order valence-electron chi connectivity index (χ4n) is 2.10. The highest BCUT2D eigenvalue weighted by Gasteiger charge is 2.08. The van der Waals surface area contributed by atoms with Crippen LogP contribution in [0, 0.1) is 0 Å². The average Bonchev–Trinajstić information content (AvgIpc) is 2.97. The van der Waals surface area contributed by atoms with E-state index in [0.717, 1.165) is 49.7 Å². The predicted molar refractivity (Wildman–Crippen MR) is 80.9 cm³/mol. The van der Waals surface area contributed by atoms with E-state index < -0.39 is 0 Å². The summed E-state index contributed by atoms with van der Waals surface area (Å²) < 4.78 is 1.94. The summed E-state index contributed by atoms with van der Waals surface area (Å²) in [5, 5.41) is 10.9. The summed E-state index contributed by atoms with van der Waals surface area (Å²) in [7, 11) is 0. The molecule has 2 aromatic rings. The molecule has 2 N–H and O–H groups in total. The maximum absolute atomic E-state index is 4.34. The molecule has 0 saturated heterocycles. The highest BCUT2D eigenvalue weighted by molar-refractivity contribution is 5.57. The molecule has 0 aromatic carbocycles. The van der Waals surface area contributed by atoms with E-state index in [9.17, 15) is 0 Å². The van der Waals surface area contributed by atoms with Gasteiger partial charge in [-0.25, -0.2) is 9.97 Å². The highest BCUT2D eigenvalue weighted by Crippen LogP contribution is 2.20. The SMILES string of the molecule is CCNc1ncnc(NCCCn2cccn2)c1CC. The second-order valence-corrected chi connectivity index (χ2v) is 4.48. The Morgan fingerprint density at radius 2 is 1.95 bits per heavy atom. The molecule has 2 rings (SSSR count). The van der Waals surface area contributed by atoms with Crippen LogP contribution in [0.5, 0.6) is 0 Å². The van der Waals surface area contributed by atoms with Crippen molar-refractivity contribution in [1.29, 1.82) is 0 Å². The number of aromatic nitrogens is 4. The monoisotopic (exact) mass is 274 g/mol. The van der Waals surface area contributed by atoms with Crippen molar-refractivity contribution in [2.24, 2.45) is 0 Å². The maximum atomic E-state index is 4.34. The van der Waals surface area contributed by atoms with Crippen molar-refractivity contribution in [2.75, 3.05) is 23.7 Å². The van der Waals surface area contributed by atoms with Crippen molar-refractivity contribution in [2.45, 2.75) is 33.2 Å². The van der Waals surface area contributed by atoms with Gasteiger partial charge in [-0.15, -0.1) is 0 Å². The molecule has 108 valence electrons. The minimum Gasteiger partial charge on any atom is -0.370 e. The minimum atomic E-state index is 0.864. The first-order chi connectivity index (χ1) is 9.85. The zero-order chi connectivity index (χ0) is 14.2. The van der Waals surface area contributed by atoms with Crippen molar-refractivity contribution < 1.29 is 0 Å². The van der Waals surface area contributed by atoms with Crippen LogP contribution in [0.15, 0.2) is 24.8 Å². The van der Waals surface area contributed by atoms with E-state index in [2.05, 4.69) is 39.5 Å². The van der Waals surface area contributed by atoms with Gasteiger partial charge >= 0.3 is 0 Å². The van der Waals surface area contributed by atoms with Gasteiger partial charge in [0.1, 0.15) is 18.0 Å². The third-order valence-corrected chi connectivity index (χ3v) is 3.06. The van der Waals surface area contributed by atoms with Crippen molar-refractivity contribution in [3.63, 3.8) is 0 Å². The first kappa shape index (κ1) is 14.3. The van der Waals surface area contributed by atoms with Crippen LogP contribution in [-0.4, -0.2) is 32.8 Å². The largest absolute Gasteiger partial charge is 0.370 e. The van der Waals surface area contributed by atoms with E-state index in [-0.39, 0.29) is 0 Å². The number of hydrogen-bond donors (Lipinski definition) is 2. The van der Waals surface area contributed by atoms with Gasteiger partial charge in [0.05, 0.1) is 0 Å². The molecule has 0 atom stereocenters. The number of anilines is 2. The molecule has 0 saturated carbocycles. The van der Waals surface area contributed by atoms with Gasteiger partial charge in [-0.2, -0.15) is 5.10 Å².